The lowest BCUT2D eigenvalue weighted by Gasteiger charge is -2.26. The molecular weight excluding hydrogens is 294 g/mol. The first-order valence-electron chi connectivity index (χ1n) is 7.67. The summed E-state index contributed by atoms with van der Waals surface area (Å²) in [5.41, 5.74) is -0.244. The predicted octanol–water partition coefficient (Wildman–Crippen LogP) is 3.96. The number of ketones is 1. The van der Waals surface area contributed by atoms with Crippen LogP contribution in [0.2, 0.25) is 0 Å². The molecular formula is C18H27NO4. The predicted molar refractivity (Wildman–Crippen MR) is 91.1 cm³/mol. The van der Waals surface area contributed by atoms with Crippen LogP contribution in [0.4, 0.5) is 5.69 Å². The van der Waals surface area contributed by atoms with Crippen molar-refractivity contribution in [2.75, 3.05) is 5.32 Å². The van der Waals surface area contributed by atoms with Crippen LogP contribution >= 0.6 is 0 Å². The van der Waals surface area contributed by atoms with Crippen LogP contribution in [0.15, 0.2) is 18.2 Å². The largest absolute Gasteiger partial charge is 0.488 e. The summed E-state index contributed by atoms with van der Waals surface area (Å²) in [7, 11) is 0. The Bertz CT molecular complexity index is 580. The van der Waals surface area contributed by atoms with Crippen molar-refractivity contribution in [1.82, 2.24) is 0 Å². The van der Waals surface area contributed by atoms with Gasteiger partial charge in [-0.25, -0.2) is 0 Å². The molecule has 0 bridgehead atoms. The molecule has 0 heterocycles. The summed E-state index contributed by atoms with van der Waals surface area (Å²) >= 11 is 0. The van der Waals surface area contributed by atoms with Gasteiger partial charge >= 0.3 is 0 Å². The zero-order valence-corrected chi connectivity index (χ0v) is 15.1. The maximum Gasteiger partial charge on any atom is 0.231 e. The number of carbonyl (C=O) groups is 2. The SMILES string of the molecule is CC(=O)CC(=O)Nc1ccc(OC(C)(C)C)cc1OC(C)(C)C. The normalized spacial score (nSPS) is 11.8. The number of hydrogen-bond acceptors (Lipinski definition) is 4. The Balaban J connectivity index is 3.08. The number of hydrogen-bond donors (Lipinski definition) is 1. The van der Waals surface area contributed by atoms with Crippen molar-refractivity contribution in [2.24, 2.45) is 0 Å². The van der Waals surface area contributed by atoms with Crippen LogP contribution in [0.3, 0.4) is 0 Å². The van der Waals surface area contributed by atoms with Crippen molar-refractivity contribution in [2.45, 2.75) is 66.1 Å². The molecule has 0 unspecified atom stereocenters. The van der Waals surface area contributed by atoms with Crippen molar-refractivity contribution < 1.29 is 19.1 Å². The molecule has 1 rings (SSSR count). The highest BCUT2D eigenvalue weighted by molar-refractivity contribution is 6.04. The van der Waals surface area contributed by atoms with Gasteiger partial charge < -0.3 is 14.8 Å². The van der Waals surface area contributed by atoms with Gasteiger partial charge in [-0.2, -0.15) is 0 Å². The van der Waals surface area contributed by atoms with Crippen LogP contribution in [-0.2, 0) is 9.59 Å². The molecule has 5 heteroatoms. The molecule has 0 saturated carbocycles. The van der Waals surface area contributed by atoms with Crippen molar-refractivity contribution in [3.8, 4) is 11.5 Å². The molecule has 0 fully saturated rings. The summed E-state index contributed by atoms with van der Waals surface area (Å²) < 4.78 is 11.7. The molecule has 1 aromatic carbocycles. The molecule has 1 amide bonds. The van der Waals surface area contributed by atoms with Crippen LogP contribution in [0.5, 0.6) is 11.5 Å². The fourth-order valence-corrected chi connectivity index (χ4v) is 1.86. The minimum Gasteiger partial charge on any atom is -0.488 e. The van der Waals surface area contributed by atoms with Crippen molar-refractivity contribution in [3.05, 3.63) is 18.2 Å². The minimum atomic E-state index is -0.430. The van der Waals surface area contributed by atoms with Gasteiger partial charge in [-0.1, -0.05) is 0 Å². The Morgan fingerprint density at radius 2 is 1.57 bits per heavy atom. The van der Waals surface area contributed by atoms with Gasteiger partial charge in [-0.15, -0.1) is 0 Å². The first-order valence-corrected chi connectivity index (χ1v) is 7.67. The summed E-state index contributed by atoms with van der Waals surface area (Å²) in [6.07, 6.45) is -0.158. The molecule has 1 N–H and O–H groups in total. The average Bonchev–Trinajstić information content (AvgIpc) is 2.27. The third-order valence-electron chi connectivity index (χ3n) is 2.48. The van der Waals surface area contributed by atoms with Crippen LogP contribution in [0, 0.1) is 0 Å². The molecule has 23 heavy (non-hydrogen) atoms. The number of benzene rings is 1. The van der Waals surface area contributed by atoms with Crippen LogP contribution < -0.4 is 14.8 Å². The van der Waals surface area contributed by atoms with Gasteiger partial charge in [0.05, 0.1) is 12.1 Å². The second-order valence-electron chi connectivity index (χ2n) is 7.51. The molecule has 0 aliphatic rings. The van der Waals surface area contributed by atoms with E-state index in [4.69, 9.17) is 9.47 Å². The molecule has 0 aliphatic carbocycles. The van der Waals surface area contributed by atoms with Gasteiger partial charge in [-0.3, -0.25) is 9.59 Å². The zero-order chi connectivity index (χ0) is 17.8. The summed E-state index contributed by atoms with van der Waals surface area (Å²) in [6, 6.07) is 5.24. The quantitative estimate of drug-likeness (QED) is 0.834. The zero-order valence-electron chi connectivity index (χ0n) is 15.1. The molecule has 0 spiro atoms. The Kier molecular flexibility index (Phi) is 5.81. The number of carbonyl (C=O) groups excluding carboxylic acids is 2. The molecule has 0 aromatic heterocycles. The standard InChI is InChI=1S/C18H27NO4/c1-12(20)10-16(21)19-14-9-8-13(22-17(2,3)4)11-15(14)23-18(5,6)7/h8-9,11H,10H2,1-7H3,(H,19,21). The number of nitrogens with one attached hydrogen (secondary N) is 1. The van der Waals surface area contributed by atoms with Gasteiger partial charge in [-0.05, 0) is 60.6 Å². The number of amides is 1. The molecule has 5 nitrogen and oxygen atoms in total. The number of rotatable bonds is 5. The molecule has 0 aliphatic heterocycles. The van der Waals surface area contributed by atoms with E-state index in [9.17, 15) is 9.59 Å². The summed E-state index contributed by atoms with van der Waals surface area (Å²) in [5.74, 6) is 0.617. The molecule has 0 atom stereocenters. The Morgan fingerprint density at radius 1 is 1.00 bits per heavy atom. The Labute approximate surface area is 138 Å². The third-order valence-corrected chi connectivity index (χ3v) is 2.48. The minimum absolute atomic E-state index is 0.158. The maximum atomic E-state index is 11.8. The fraction of sp³-hybridized carbons (Fsp3) is 0.556. The van der Waals surface area contributed by atoms with E-state index >= 15 is 0 Å². The van der Waals surface area contributed by atoms with Gasteiger partial charge in [0.1, 0.15) is 28.5 Å². The van der Waals surface area contributed by atoms with Crippen molar-refractivity contribution >= 4 is 17.4 Å². The van der Waals surface area contributed by atoms with Gasteiger partial charge in [0.15, 0.2) is 0 Å². The lowest BCUT2D eigenvalue weighted by molar-refractivity contribution is -0.124. The molecule has 0 saturated heterocycles. The Morgan fingerprint density at radius 3 is 2.04 bits per heavy atom. The Hall–Kier alpha value is -2.04. The lowest BCUT2D eigenvalue weighted by Crippen LogP contribution is -2.25. The molecule has 0 radical (unpaired) electrons. The van der Waals surface area contributed by atoms with E-state index in [0.29, 0.717) is 17.2 Å². The number of anilines is 1. The van der Waals surface area contributed by atoms with E-state index in [1.165, 1.54) is 6.92 Å². The topological polar surface area (TPSA) is 64.6 Å². The first-order chi connectivity index (χ1) is 10.4. The third kappa shape index (κ3) is 7.68. The van der Waals surface area contributed by atoms with E-state index in [1.54, 1.807) is 18.2 Å². The highest BCUT2D eigenvalue weighted by Crippen LogP contribution is 2.33. The molecule has 1 aromatic rings. The van der Waals surface area contributed by atoms with Crippen molar-refractivity contribution in [1.29, 1.82) is 0 Å². The molecule has 128 valence electrons. The second-order valence-corrected chi connectivity index (χ2v) is 7.51. The van der Waals surface area contributed by atoms with E-state index < -0.39 is 5.60 Å². The lowest BCUT2D eigenvalue weighted by atomic mass is 10.1. The fourth-order valence-electron chi connectivity index (χ4n) is 1.86. The summed E-state index contributed by atoms with van der Waals surface area (Å²) in [5, 5.41) is 2.71. The number of ether oxygens (including phenoxy) is 2. The van der Waals surface area contributed by atoms with E-state index in [1.807, 2.05) is 41.5 Å². The van der Waals surface area contributed by atoms with E-state index in [-0.39, 0.29) is 23.7 Å². The number of Topliss-reactive ketones (excluding diaryl/α,β-unsaturated/α-hetero) is 1. The monoisotopic (exact) mass is 321 g/mol. The van der Waals surface area contributed by atoms with E-state index in [2.05, 4.69) is 5.32 Å². The highest BCUT2D eigenvalue weighted by atomic mass is 16.5. The van der Waals surface area contributed by atoms with Gasteiger partial charge in [0, 0.05) is 6.07 Å². The van der Waals surface area contributed by atoms with Crippen molar-refractivity contribution in [3.63, 3.8) is 0 Å². The average molecular weight is 321 g/mol. The van der Waals surface area contributed by atoms with Gasteiger partial charge in [0.2, 0.25) is 5.91 Å². The first kappa shape index (κ1) is 19.0. The second kappa shape index (κ2) is 7.02. The van der Waals surface area contributed by atoms with E-state index in [0.717, 1.165) is 0 Å². The maximum absolute atomic E-state index is 11.8. The van der Waals surface area contributed by atoms with Gasteiger partial charge in [0.25, 0.3) is 0 Å². The highest BCUT2D eigenvalue weighted by Gasteiger charge is 2.19. The smallest absolute Gasteiger partial charge is 0.231 e. The van der Waals surface area contributed by atoms with Crippen LogP contribution in [-0.4, -0.2) is 22.9 Å². The summed E-state index contributed by atoms with van der Waals surface area (Å²) in [4.78, 5) is 22.9. The summed E-state index contributed by atoms with van der Waals surface area (Å²) in [6.45, 7) is 13.0. The van der Waals surface area contributed by atoms with Crippen LogP contribution in [0.1, 0.15) is 54.9 Å². The van der Waals surface area contributed by atoms with Crippen LogP contribution in [0.25, 0.3) is 0 Å².